The van der Waals surface area contributed by atoms with Crippen LogP contribution in [-0.4, -0.2) is 9.97 Å². The van der Waals surface area contributed by atoms with Crippen LogP contribution in [0.25, 0.3) is 0 Å². The molecule has 0 unspecified atom stereocenters. The molecule has 3 N–H and O–H groups in total. The smallest absolute Gasteiger partial charge is 0.368 e. The van der Waals surface area contributed by atoms with Gasteiger partial charge in [0.1, 0.15) is 11.6 Å². The van der Waals surface area contributed by atoms with Crippen molar-refractivity contribution in [3.8, 4) is 0 Å². The lowest BCUT2D eigenvalue weighted by atomic mass is 10.2. The molecular weight excluding hydrogens is 356 g/mol. The maximum atomic E-state index is 13.3. The molecule has 2 aromatic rings. The van der Waals surface area contributed by atoms with Crippen molar-refractivity contribution in [3.63, 3.8) is 0 Å². The topological polar surface area (TPSA) is 63.8 Å². The van der Waals surface area contributed by atoms with Crippen LogP contribution >= 0.6 is 15.9 Å². The fraction of sp³-hybridized carbons (Fsp3) is 0.167. The fourth-order valence-electron chi connectivity index (χ4n) is 1.59. The second-order valence-electron chi connectivity index (χ2n) is 4.20. The molecule has 0 atom stereocenters. The molecule has 1 heterocycles. The van der Waals surface area contributed by atoms with Gasteiger partial charge in [-0.3, -0.25) is 0 Å². The highest BCUT2D eigenvalue weighted by atomic mass is 79.9. The molecule has 2 rings (SSSR count). The van der Waals surface area contributed by atoms with E-state index >= 15 is 0 Å². The zero-order valence-corrected chi connectivity index (χ0v) is 12.2. The van der Waals surface area contributed by atoms with Crippen molar-refractivity contribution in [2.75, 3.05) is 11.1 Å². The molecule has 4 nitrogen and oxygen atoms in total. The third-order valence-electron chi connectivity index (χ3n) is 2.56. The van der Waals surface area contributed by atoms with Gasteiger partial charge in [-0.1, -0.05) is 0 Å². The van der Waals surface area contributed by atoms with E-state index < -0.39 is 23.6 Å². The van der Waals surface area contributed by atoms with Gasteiger partial charge >= 0.3 is 6.18 Å². The van der Waals surface area contributed by atoms with Crippen molar-refractivity contribution < 1.29 is 17.6 Å². The number of hydrogen-bond acceptors (Lipinski definition) is 4. The number of halogens is 5. The number of alkyl halides is 3. The van der Waals surface area contributed by atoms with Crippen LogP contribution in [0.15, 0.2) is 22.7 Å². The molecule has 0 spiro atoms. The SMILES string of the molecule is Cc1cc(F)c(Br)cc1Nc1cc(C(F)(F)F)nc(N)n1. The van der Waals surface area contributed by atoms with Gasteiger partial charge in [0, 0.05) is 11.8 Å². The molecule has 0 amide bonds. The molecule has 112 valence electrons. The molecule has 0 aliphatic heterocycles. The maximum Gasteiger partial charge on any atom is 0.433 e. The summed E-state index contributed by atoms with van der Waals surface area (Å²) in [6.45, 7) is 1.60. The number of benzene rings is 1. The first kappa shape index (κ1) is 15.5. The van der Waals surface area contributed by atoms with Gasteiger partial charge in [-0.2, -0.15) is 18.2 Å². The summed E-state index contributed by atoms with van der Waals surface area (Å²) in [4.78, 5) is 6.82. The average molecular weight is 365 g/mol. The lowest BCUT2D eigenvalue weighted by Gasteiger charge is -2.12. The summed E-state index contributed by atoms with van der Waals surface area (Å²) in [6, 6.07) is 3.37. The van der Waals surface area contributed by atoms with Crippen LogP contribution in [0, 0.1) is 12.7 Å². The summed E-state index contributed by atoms with van der Waals surface area (Å²) in [7, 11) is 0. The first-order valence-electron chi connectivity index (χ1n) is 5.61. The molecule has 1 aromatic carbocycles. The minimum Gasteiger partial charge on any atom is -0.368 e. The molecule has 0 aliphatic carbocycles. The second-order valence-corrected chi connectivity index (χ2v) is 5.05. The van der Waals surface area contributed by atoms with Crippen molar-refractivity contribution in [1.82, 2.24) is 9.97 Å². The number of aromatic nitrogens is 2. The Kier molecular flexibility index (Phi) is 4.04. The highest BCUT2D eigenvalue weighted by Crippen LogP contribution is 2.31. The van der Waals surface area contributed by atoms with Gasteiger partial charge in [0.15, 0.2) is 5.69 Å². The summed E-state index contributed by atoms with van der Waals surface area (Å²) < 4.78 is 51.4. The van der Waals surface area contributed by atoms with Crippen LogP contribution in [0.4, 0.5) is 35.0 Å². The van der Waals surface area contributed by atoms with E-state index in [0.29, 0.717) is 11.3 Å². The van der Waals surface area contributed by atoms with Crippen molar-refractivity contribution in [3.05, 3.63) is 39.7 Å². The molecule has 0 radical (unpaired) electrons. The molecule has 0 fully saturated rings. The van der Waals surface area contributed by atoms with E-state index in [1.807, 2.05) is 0 Å². The summed E-state index contributed by atoms with van der Waals surface area (Å²) >= 11 is 3.00. The summed E-state index contributed by atoms with van der Waals surface area (Å²) in [5.41, 5.74) is 5.01. The van der Waals surface area contributed by atoms with Crippen molar-refractivity contribution >= 4 is 33.4 Å². The van der Waals surface area contributed by atoms with Crippen molar-refractivity contribution in [2.45, 2.75) is 13.1 Å². The van der Waals surface area contributed by atoms with E-state index in [4.69, 9.17) is 5.73 Å². The number of nitrogens with zero attached hydrogens (tertiary/aromatic N) is 2. The number of rotatable bonds is 2. The summed E-state index contributed by atoms with van der Waals surface area (Å²) in [5, 5.41) is 2.67. The minimum absolute atomic E-state index is 0.128. The largest absolute Gasteiger partial charge is 0.433 e. The fourth-order valence-corrected chi connectivity index (χ4v) is 1.94. The Bertz CT molecular complexity index is 688. The number of nitrogen functional groups attached to an aromatic ring is 1. The molecule has 0 saturated carbocycles. The molecule has 0 bridgehead atoms. The highest BCUT2D eigenvalue weighted by molar-refractivity contribution is 9.10. The number of nitrogens with two attached hydrogens (primary N) is 1. The lowest BCUT2D eigenvalue weighted by molar-refractivity contribution is -0.141. The van der Waals surface area contributed by atoms with Crippen LogP contribution in [-0.2, 0) is 6.18 Å². The molecule has 0 saturated heterocycles. The van der Waals surface area contributed by atoms with E-state index in [0.717, 1.165) is 6.07 Å². The zero-order chi connectivity index (χ0) is 15.8. The third-order valence-corrected chi connectivity index (χ3v) is 3.17. The third kappa shape index (κ3) is 3.60. The van der Waals surface area contributed by atoms with Gasteiger partial charge in [-0.25, -0.2) is 9.37 Å². The van der Waals surface area contributed by atoms with Crippen molar-refractivity contribution in [2.24, 2.45) is 0 Å². The number of anilines is 3. The number of hydrogen-bond donors (Lipinski definition) is 2. The van der Waals surface area contributed by atoms with E-state index in [1.165, 1.54) is 12.1 Å². The van der Waals surface area contributed by atoms with Crippen molar-refractivity contribution in [1.29, 1.82) is 0 Å². The Labute approximate surface area is 125 Å². The lowest BCUT2D eigenvalue weighted by Crippen LogP contribution is -2.12. The van der Waals surface area contributed by atoms with Crippen LogP contribution in [0.5, 0.6) is 0 Å². The Morgan fingerprint density at radius 2 is 1.86 bits per heavy atom. The van der Waals surface area contributed by atoms with Gasteiger partial charge in [0.2, 0.25) is 5.95 Å². The Morgan fingerprint density at radius 3 is 2.48 bits per heavy atom. The van der Waals surface area contributed by atoms with E-state index in [1.54, 1.807) is 6.92 Å². The molecule has 1 aromatic heterocycles. The normalized spacial score (nSPS) is 11.5. The first-order chi connectivity index (χ1) is 9.66. The molecule has 0 aliphatic rings. The Morgan fingerprint density at radius 1 is 1.19 bits per heavy atom. The second kappa shape index (κ2) is 5.47. The predicted molar refractivity (Wildman–Crippen MR) is 73.6 cm³/mol. The zero-order valence-electron chi connectivity index (χ0n) is 10.6. The minimum atomic E-state index is -4.63. The van der Waals surface area contributed by atoms with E-state index in [-0.39, 0.29) is 10.3 Å². The Hall–Kier alpha value is -1.90. The van der Waals surface area contributed by atoms with Gasteiger partial charge in [0.05, 0.1) is 4.47 Å². The number of nitrogens with one attached hydrogen (secondary N) is 1. The molecular formula is C12H9BrF4N4. The van der Waals surface area contributed by atoms with Gasteiger partial charge in [-0.15, -0.1) is 0 Å². The average Bonchev–Trinajstić information content (AvgIpc) is 2.34. The van der Waals surface area contributed by atoms with Crippen LogP contribution in [0.3, 0.4) is 0 Å². The standard InChI is InChI=1S/C12H9BrF4N4/c1-5-2-7(14)6(13)3-8(5)19-10-4-9(12(15,16)17)20-11(18)21-10/h2-4H,1H3,(H3,18,19,20,21). The first-order valence-corrected chi connectivity index (χ1v) is 6.40. The highest BCUT2D eigenvalue weighted by Gasteiger charge is 2.33. The summed E-state index contributed by atoms with van der Waals surface area (Å²) in [5.74, 6) is -1.11. The molecule has 21 heavy (non-hydrogen) atoms. The Balaban J connectivity index is 2.40. The van der Waals surface area contributed by atoms with Gasteiger partial charge in [-0.05, 0) is 40.5 Å². The molecule has 9 heteroatoms. The predicted octanol–water partition coefficient (Wildman–Crippen LogP) is 4.03. The van der Waals surface area contributed by atoms with Gasteiger partial charge in [0.25, 0.3) is 0 Å². The van der Waals surface area contributed by atoms with E-state index in [2.05, 4.69) is 31.2 Å². The van der Waals surface area contributed by atoms with Crippen LogP contribution in [0.1, 0.15) is 11.3 Å². The van der Waals surface area contributed by atoms with Crippen LogP contribution in [0.2, 0.25) is 0 Å². The summed E-state index contributed by atoms with van der Waals surface area (Å²) in [6.07, 6.45) is -4.63. The monoisotopic (exact) mass is 364 g/mol. The quantitative estimate of drug-likeness (QED) is 0.789. The maximum absolute atomic E-state index is 13.3. The van der Waals surface area contributed by atoms with Crippen LogP contribution < -0.4 is 11.1 Å². The van der Waals surface area contributed by atoms with Gasteiger partial charge < -0.3 is 11.1 Å². The number of aryl methyl sites for hydroxylation is 1. The van der Waals surface area contributed by atoms with E-state index in [9.17, 15) is 17.6 Å².